The normalized spacial score (nSPS) is 13.8. The van der Waals surface area contributed by atoms with Crippen LogP contribution in [0.25, 0.3) is 0 Å². The first-order valence-corrected chi connectivity index (χ1v) is 5.62. The van der Waals surface area contributed by atoms with Gasteiger partial charge in [-0.1, -0.05) is 0 Å². The van der Waals surface area contributed by atoms with Gasteiger partial charge in [0.25, 0.3) is 0 Å². The first-order chi connectivity index (χ1) is 5.19. The van der Waals surface area contributed by atoms with Crippen LogP contribution in [0.2, 0.25) is 0 Å². The monoisotopic (exact) mass is 217 g/mol. The third-order valence-electron chi connectivity index (χ3n) is 0.865. The summed E-state index contributed by atoms with van der Waals surface area (Å²) >= 11 is 0. The second kappa shape index (κ2) is 3.95. The van der Waals surface area contributed by atoms with Crippen molar-refractivity contribution in [1.82, 2.24) is 4.44 Å². The largest absolute Gasteiger partial charge is 0.799 e. The molecule has 0 aliphatic rings. The second-order valence-electron chi connectivity index (χ2n) is 1.76. The summed E-state index contributed by atoms with van der Waals surface area (Å²) in [5.74, 6) is 0. The van der Waals surface area contributed by atoms with Gasteiger partial charge >= 0.3 is 0 Å². The predicted octanol–water partition coefficient (Wildman–Crippen LogP) is -4.06. The van der Waals surface area contributed by atoms with E-state index in [2.05, 4.69) is 0 Å². The Hall–Kier alpha value is 0.220. The fraction of sp³-hybridized carbons (Fsp3) is 1.00. The van der Waals surface area contributed by atoms with Gasteiger partial charge in [-0.05, 0) is 0 Å². The summed E-state index contributed by atoms with van der Waals surface area (Å²) < 4.78 is 19.4. The molecular formula is C2H5NO7P2-4. The highest BCUT2D eigenvalue weighted by Gasteiger charge is 2.11. The average Bonchev–Trinajstić information content (AvgIpc) is 1.77. The van der Waals surface area contributed by atoms with Crippen molar-refractivity contribution in [3.8, 4) is 0 Å². The van der Waals surface area contributed by atoms with Gasteiger partial charge in [-0.25, -0.2) is 4.44 Å². The molecule has 10 heteroatoms. The van der Waals surface area contributed by atoms with Crippen LogP contribution in [0.3, 0.4) is 0 Å². The van der Waals surface area contributed by atoms with Crippen molar-refractivity contribution in [3.63, 3.8) is 0 Å². The highest BCUT2D eigenvalue weighted by atomic mass is 31.3. The molecule has 0 fully saturated rings. The van der Waals surface area contributed by atoms with E-state index >= 15 is 0 Å². The van der Waals surface area contributed by atoms with Crippen LogP contribution in [-0.2, 0) is 9.13 Å². The zero-order valence-electron chi connectivity index (χ0n) is 5.65. The van der Waals surface area contributed by atoms with E-state index in [-0.39, 0.29) is 0 Å². The van der Waals surface area contributed by atoms with E-state index in [4.69, 9.17) is 5.11 Å². The first kappa shape index (κ1) is 12.2. The summed E-state index contributed by atoms with van der Waals surface area (Å²) in [5, 5.41) is 8.12. The minimum Gasteiger partial charge on any atom is -0.799 e. The van der Waals surface area contributed by atoms with E-state index < -0.39 is 33.1 Å². The van der Waals surface area contributed by atoms with Gasteiger partial charge in [0.05, 0.1) is 6.61 Å². The van der Waals surface area contributed by atoms with E-state index in [0.717, 1.165) is 0 Å². The zero-order valence-corrected chi connectivity index (χ0v) is 7.44. The Morgan fingerprint density at radius 2 is 1.42 bits per heavy atom. The number of aliphatic hydroxyl groups excluding tert-OH is 1. The second-order valence-corrected chi connectivity index (χ2v) is 4.91. The third kappa shape index (κ3) is 3.75. The molecule has 0 aromatic carbocycles. The van der Waals surface area contributed by atoms with Crippen molar-refractivity contribution in [2.75, 3.05) is 13.2 Å². The molecule has 0 aromatic heterocycles. The molecule has 0 bridgehead atoms. The molecule has 0 atom stereocenters. The SMILES string of the molecule is O=P([O-])([O-])N(CCO)P(=O)([O-])[O-]. The summed E-state index contributed by atoms with van der Waals surface area (Å²) in [6, 6.07) is 0. The Bertz CT molecular complexity index is 206. The van der Waals surface area contributed by atoms with Crippen LogP contribution in [0.15, 0.2) is 0 Å². The lowest BCUT2D eigenvalue weighted by Gasteiger charge is -2.51. The van der Waals surface area contributed by atoms with E-state index in [0.29, 0.717) is 0 Å². The maximum atomic E-state index is 10.1. The zero-order chi connectivity index (χ0) is 9.99. The predicted molar refractivity (Wildman–Crippen MR) is 29.0 cm³/mol. The van der Waals surface area contributed by atoms with E-state index in [1.54, 1.807) is 0 Å². The van der Waals surface area contributed by atoms with Crippen LogP contribution in [0.4, 0.5) is 0 Å². The van der Waals surface area contributed by atoms with Gasteiger partial charge in [0.2, 0.25) is 0 Å². The lowest BCUT2D eigenvalue weighted by atomic mass is 10.8. The minimum atomic E-state index is -5.63. The highest BCUT2D eigenvalue weighted by molar-refractivity contribution is 7.62. The molecule has 74 valence electrons. The number of hydrogen-bond acceptors (Lipinski definition) is 7. The van der Waals surface area contributed by atoms with Crippen molar-refractivity contribution in [1.29, 1.82) is 0 Å². The van der Waals surface area contributed by atoms with Gasteiger partial charge in [0, 0.05) is 22.0 Å². The molecule has 8 nitrogen and oxygen atoms in total. The van der Waals surface area contributed by atoms with Crippen molar-refractivity contribution in [2.45, 2.75) is 0 Å². The molecule has 0 amide bonds. The summed E-state index contributed by atoms with van der Waals surface area (Å²) in [7, 11) is -11.3. The third-order valence-corrected chi connectivity index (χ3v) is 3.71. The number of rotatable bonds is 4. The number of hydrogen-bond donors (Lipinski definition) is 1. The lowest BCUT2D eigenvalue weighted by molar-refractivity contribution is -0.348. The molecule has 0 saturated carbocycles. The standard InChI is InChI=1S/C2H9NO7P2/c4-2-1-3(11(5,6)7)12(8,9)10/h4H,1-2H2,(H2,5,6,7)(H2,8,9,10)/p-4. The van der Waals surface area contributed by atoms with Gasteiger partial charge < -0.3 is 33.8 Å². The highest BCUT2D eigenvalue weighted by Crippen LogP contribution is 2.47. The van der Waals surface area contributed by atoms with Gasteiger partial charge in [-0.3, -0.25) is 0 Å². The smallest absolute Gasteiger partial charge is 0.0565 e. The van der Waals surface area contributed by atoms with Crippen molar-refractivity contribution >= 4 is 15.5 Å². The van der Waals surface area contributed by atoms with Crippen LogP contribution in [0.1, 0.15) is 0 Å². The molecule has 0 spiro atoms. The van der Waals surface area contributed by atoms with Crippen molar-refractivity contribution < 1.29 is 33.8 Å². The Morgan fingerprint density at radius 1 is 1.08 bits per heavy atom. The van der Waals surface area contributed by atoms with Crippen LogP contribution in [-0.4, -0.2) is 22.7 Å². The molecular weight excluding hydrogens is 212 g/mol. The van der Waals surface area contributed by atoms with Crippen molar-refractivity contribution in [2.24, 2.45) is 0 Å². The Morgan fingerprint density at radius 3 is 1.50 bits per heavy atom. The summed E-state index contributed by atoms with van der Waals surface area (Å²) in [4.78, 5) is 40.3. The summed E-state index contributed by atoms with van der Waals surface area (Å²) in [5.41, 5.74) is 0. The van der Waals surface area contributed by atoms with E-state index in [1.807, 2.05) is 0 Å². The van der Waals surface area contributed by atoms with E-state index in [1.165, 1.54) is 0 Å². The molecule has 0 aliphatic carbocycles. The quantitative estimate of drug-likeness (QED) is 0.467. The molecule has 0 aliphatic heterocycles. The Labute approximate surface area is 67.9 Å². The molecule has 12 heavy (non-hydrogen) atoms. The molecule has 0 radical (unpaired) electrons. The fourth-order valence-corrected chi connectivity index (χ4v) is 2.21. The Kier molecular flexibility index (Phi) is 4.02. The first-order valence-electron chi connectivity index (χ1n) is 2.63. The topological polar surface area (TPSA) is 150 Å². The maximum Gasteiger partial charge on any atom is 0.0565 e. The van der Waals surface area contributed by atoms with Gasteiger partial charge in [-0.15, -0.1) is 0 Å². The van der Waals surface area contributed by atoms with E-state index in [9.17, 15) is 28.7 Å². The lowest BCUT2D eigenvalue weighted by Crippen LogP contribution is -2.39. The van der Waals surface area contributed by atoms with Gasteiger partial charge in [-0.2, -0.15) is 0 Å². The molecule has 0 saturated heterocycles. The molecule has 1 N–H and O–H groups in total. The molecule has 0 rings (SSSR count). The maximum absolute atomic E-state index is 10.1. The van der Waals surface area contributed by atoms with Crippen LogP contribution >= 0.6 is 15.5 Å². The molecule has 0 aromatic rings. The van der Waals surface area contributed by atoms with Gasteiger partial charge in [0.15, 0.2) is 0 Å². The van der Waals surface area contributed by atoms with Gasteiger partial charge in [0.1, 0.15) is 0 Å². The molecule has 0 heterocycles. The molecule has 0 unspecified atom stereocenters. The minimum absolute atomic E-state index is 0.806. The number of nitrogens with zero attached hydrogens (tertiary/aromatic N) is 1. The Balaban J connectivity index is 4.70. The fourth-order valence-electron chi connectivity index (χ4n) is 0.469. The summed E-state index contributed by atoms with van der Waals surface area (Å²) in [6.45, 7) is -1.95. The number of aliphatic hydroxyl groups is 1. The van der Waals surface area contributed by atoms with Crippen LogP contribution in [0, 0.1) is 0 Å². The summed E-state index contributed by atoms with van der Waals surface area (Å²) in [6.07, 6.45) is 0. The average molecular weight is 217 g/mol. The van der Waals surface area contributed by atoms with Crippen LogP contribution < -0.4 is 19.6 Å². The van der Waals surface area contributed by atoms with Crippen LogP contribution in [0.5, 0.6) is 0 Å². The van der Waals surface area contributed by atoms with Crippen molar-refractivity contribution in [3.05, 3.63) is 0 Å².